The number of ether oxygens (including phenoxy) is 2. The Morgan fingerprint density at radius 3 is 2.44 bits per heavy atom. The minimum Gasteiger partial charge on any atom is -0.490 e. The zero-order valence-electron chi connectivity index (χ0n) is 14.0. The van der Waals surface area contributed by atoms with E-state index in [0.717, 1.165) is 0 Å². The van der Waals surface area contributed by atoms with Crippen LogP contribution in [0.15, 0.2) is 48.5 Å². The number of hydrogen-bond acceptors (Lipinski definition) is 4. The number of hydrogen-bond donors (Lipinski definition) is 2. The first kappa shape index (κ1) is 18.3. The number of carbonyl (C=O) groups excluding carboxylic acids is 1. The quantitative estimate of drug-likeness (QED) is 0.680. The summed E-state index contributed by atoms with van der Waals surface area (Å²) in [7, 11) is 0. The number of amides is 1. The predicted octanol–water partition coefficient (Wildman–Crippen LogP) is 3.58. The summed E-state index contributed by atoms with van der Waals surface area (Å²) in [5.41, 5.74) is 0.598. The molecule has 0 aliphatic heterocycles. The molecule has 0 bridgehead atoms. The van der Waals surface area contributed by atoms with Gasteiger partial charge in [0.15, 0.2) is 11.5 Å². The van der Waals surface area contributed by atoms with Crippen LogP contribution in [0.25, 0.3) is 0 Å². The van der Waals surface area contributed by atoms with E-state index in [1.54, 1.807) is 12.1 Å². The first-order chi connectivity index (χ1) is 12.1. The predicted molar refractivity (Wildman–Crippen MR) is 94.4 cm³/mol. The normalized spacial score (nSPS) is 10.1. The highest BCUT2D eigenvalue weighted by Gasteiger charge is 2.07. The van der Waals surface area contributed by atoms with Crippen LogP contribution in [0.2, 0.25) is 0 Å². The maximum absolute atomic E-state index is 11.9. The largest absolute Gasteiger partial charge is 0.490 e. The Kier molecular flexibility index (Phi) is 6.83. The average Bonchev–Trinajstić information content (AvgIpc) is 2.60. The molecule has 0 radical (unpaired) electrons. The lowest BCUT2D eigenvalue weighted by molar-refractivity contribution is -0.116. The number of aromatic carboxylic acids is 1. The maximum Gasteiger partial charge on any atom is 0.335 e. The lowest BCUT2D eigenvalue weighted by Gasteiger charge is -2.11. The maximum atomic E-state index is 11.9. The van der Waals surface area contributed by atoms with E-state index in [4.69, 9.17) is 14.6 Å². The molecule has 0 aliphatic carbocycles. The van der Waals surface area contributed by atoms with Crippen molar-refractivity contribution >= 4 is 17.6 Å². The third kappa shape index (κ3) is 5.84. The SMILES string of the molecule is CCOc1ccccc1OCCCC(=O)Nc1cccc(C(=O)O)c1. The van der Waals surface area contributed by atoms with E-state index in [9.17, 15) is 9.59 Å². The van der Waals surface area contributed by atoms with Gasteiger partial charge in [-0.1, -0.05) is 18.2 Å². The summed E-state index contributed by atoms with van der Waals surface area (Å²) in [6, 6.07) is 13.5. The van der Waals surface area contributed by atoms with Gasteiger partial charge >= 0.3 is 5.97 Å². The molecule has 6 nitrogen and oxygen atoms in total. The third-order valence-corrected chi connectivity index (χ3v) is 3.35. The fraction of sp³-hybridized carbons (Fsp3) is 0.263. The lowest BCUT2D eigenvalue weighted by Crippen LogP contribution is -2.13. The van der Waals surface area contributed by atoms with Gasteiger partial charge in [0.05, 0.1) is 18.8 Å². The van der Waals surface area contributed by atoms with E-state index in [2.05, 4.69) is 5.32 Å². The van der Waals surface area contributed by atoms with Gasteiger partial charge in [-0.2, -0.15) is 0 Å². The van der Waals surface area contributed by atoms with Gasteiger partial charge in [0.1, 0.15) is 0 Å². The van der Waals surface area contributed by atoms with Crippen molar-refractivity contribution < 1.29 is 24.2 Å². The minimum absolute atomic E-state index is 0.133. The molecule has 2 rings (SSSR count). The van der Waals surface area contributed by atoms with Crippen LogP contribution in [0.5, 0.6) is 11.5 Å². The van der Waals surface area contributed by atoms with Crippen molar-refractivity contribution in [1.29, 1.82) is 0 Å². The molecule has 1 amide bonds. The van der Waals surface area contributed by atoms with E-state index in [1.807, 2.05) is 31.2 Å². The van der Waals surface area contributed by atoms with E-state index < -0.39 is 5.97 Å². The Balaban J connectivity index is 1.77. The number of rotatable bonds is 9. The van der Waals surface area contributed by atoms with E-state index in [-0.39, 0.29) is 17.9 Å². The second-order valence-electron chi connectivity index (χ2n) is 5.27. The molecule has 6 heteroatoms. The summed E-state index contributed by atoms with van der Waals surface area (Å²) in [5, 5.41) is 11.6. The number of anilines is 1. The molecule has 0 aromatic heterocycles. The summed E-state index contributed by atoms with van der Waals surface area (Å²) in [5.74, 6) is 0.112. The number of carboxylic acid groups (broad SMARTS) is 1. The molecule has 0 spiro atoms. The number of nitrogens with one attached hydrogen (secondary N) is 1. The summed E-state index contributed by atoms with van der Waals surface area (Å²) >= 11 is 0. The molecule has 0 saturated heterocycles. The van der Waals surface area contributed by atoms with Gasteiger partial charge in [0.2, 0.25) is 5.91 Å². The number of carboxylic acids is 1. The van der Waals surface area contributed by atoms with Crippen molar-refractivity contribution in [2.24, 2.45) is 0 Å². The molecule has 25 heavy (non-hydrogen) atoms. The van der Waals surface area contributed by atoms with Crippen LogP contribution < -0.4 is 14.8 Å². The molecule has 2 N–H and O–H groups in total. The molecular formula is C19H21NO5. The van der Waals surface area contributed by atoms with Crippen molar-refractivity contribution in [3.05, 3.63) is 54.1 Å². The molecule has 0 aliphatic rings. The first-order valence-electron chi connectivity index (χ1n) is 8.08. The van der Waals surface area contributed by atoms with Gasteiger partial charge in [-0.25, -0.2) is 4.79 Å². The zero-order chi connectivity index (χ0) is 18.1. The topological polar surface area (TPSA) is 84.9 Å². The minimum atomic E-state index is -1.03. The molecular weight excluding hydrogens is 322 g/mol. The summed E-state index contributed by atoms with van der Waals surface area (Å²) in [4.78, 5) is 22.9. The second kappa shape index (κ2) is 9.32. The van der Waals surface area contributed by atoms with Gasteiger partial charge in [-0.05, 0) is 43.7 Å². The van der Waals surface area contributed by atoms with E-state index in [0.29, 0.717) is 36.8 Å². The highest BCUT2D eigenvalue weighted by Crippen LogP contribution is 2.26. The van der Waals surface area contributed by atoms with Crippen molar-refractivity contribution in [3.63, 3.8) is 0 Å². The molecule has 0 fully saturated rings. The molecule has 0 atom stereocenters. The van der Waals surface area contributed by atoms with Crippen LogP contribution in [0.3, 0.4) is 0 Å². The van der Waals surface area contributed by atoms with Crippen LogP contribution in [-0.4, -0.2) is 30.2 Å². The number of carbonyl (C=O) groups is 2. The Morgan fingerprint density at radius 2 is 1.76 bits per heavy atom. The highest BCUT2D eigenvalue weighted by molar-refractivity contribution is 5.93. The smallest absolute Gasteiger partial charge is 0.335 e. The van der Waals surface area contributed by atoms with Gasteiger partial charge in [-0.3, -0.25) is 4.79 Å². The lowest BCUT2D eigenvalue weighted by atomic mass is 10.2. The Hall–Kier alpha value is -3.02. The Morgan fingerprint density at radius 1 is 1.04 bits per heavy atom. The molecule has 0 unspecified atom stereocenters. The van der Waals surface area contributed by atoms with Crippen molar-refractivity contribution in [2.45, 2.75) is 19.8 Å². The molecule has 2 aromatic rings. The summed E-state index contributed by atoms with van der Waals surface area (Å²) in [6.07, 6.45) is 0.805. The zero-order valence-corrected chi connectivity index (χ0v) is 14.0. The molecule has 132 valence electrons. The molecule has 0 heterocycles. The molecule has 0 saturated carbocycles. The van der Waals surface area contributed by atoms with Crippen LogP contribution in [0, 0.1) is 0 Å². The number of benzene rings is 2. The van der Waals surface area contributed by atoms with Gasteiger partial charge in [0, 0.05) is 12.1 Å². The standard InChI is InChI=1S/C19H21NO5/c1-2-24-16-9-3-4-10-17(16)25-12-6-11-18(21)20-15-8-5-7-14(13-15)19(22)23/h3-5,7-10,13H,2,6,11-12H2,1H3,(H,20,21)(H,22,23). The van der Waals surface area contributed by atoms with Crippen molar-refractivity contribution in [2.75, 3.05) is 18.5 Å². The Bertz CT molecular complexity index is 729. The van der Waals surface area contributed by atoms with Gasteiger partial charge < -0.3 is 19.9 Å². The van der Waals surface area contributed by atoms with Crippen molar-refractivity contribution in [1.82, 2.24) is 0 Å². The highest BCUT2D eigenvalue weighted by atomic mass is 16.5. The van der Waals surface area contributed by atoms with Crippen LogP contribution in [0.4, 0.5) is 5.69 Å². The fourth-order valence-electron chi connectivity index (χ4n) is 2.21. The monoisotopic (exact) mass is 343 g/mol. The van der Waals surface area contributed by atoms with Crippen molar-refractivity contribution in [3.8, 4) is 11.5 Å². The summed E-state index contributed by atoms with van der Waals surface area (Å²) < 4.78 is 11.1. The second-order valence-corrected chi connectivity index (χ2v) is 5.27. The fourth-order valence-corrected chi connectivity index (χ4v) is 2.21. The van der Waals surface area contributed by atoms with E-state index >= 15 is 0 Å². The van der Waals surface area contributed by atoms with Gasteiger partial charge in [0.25, 0.3) is 0 Å². The number of para-hydroxylation sites is 2. The third-order valence-electron chi connectivity index (χ3n) is 3.35. The van der Waals surface area contributed by atoms with E-state index in [1.165, 1.54) is 12.1 Å². The van der Waals surface area contributed by atoms with Crippen LogP contribution in [0.1, 0.15) is 30.1 Å². The first-order valence-corrected chi connectivity index (χ1v) is 8.08. The van der Waals surface area contributed by atoms with Gasteiger partial charge in [-0.15, -0.1) is 0 Å². The van der Waals surface area contributed by atoms with Crippen LogP contribution >= 0.6 is 0 Å². The average molecular weight is 343 g/mol. The Labute approximate surface area is 146 Å². The van der Waals surface area contributed by atoms with Crippen LogP contribution in [-0.2, 0) is 4.79 Å². The summed E-state index contributed by atoms with van der Waals surface area (Å²) in [6.45, 7) is 2.84. The molecule has 2 aromatic carbocycles.